The fraction of sp³-hybridized carbons (Fsp3) is 0.250. The third-order valence-corrected chi connectivity index (χ3v) is 3.58. The smallest absolute Gasteiger partial charge is 0.366 e. The molecule has 3 rings (SSSR count). The van der Waals surface area contributed by atoms with E-state index in [4.69, 9.17) is 4.74 Å². The number of nitrogens with zero attached hydrogens (tertiary/aromatic N) is 3. The Kier molecular flexibility index (Phi) is 3.48. The number of ether oxygens (including phenoxy) is 1. The molecular weight excluding hydrogens is 298 g/mol. The lowest BCUT2D eigenvalue weighted by molar-refractivity contribution is -0.389. The van der Waals surface area contributed by atoms with Crippen LogP contribution in [0.3, 0.4) is 0 Å². The number of hydrogen-bond donors (Lipinski definition) is 0. The van der Waals surface area contributed by atoms with Gasteiger partial charge in [0, 0.05) is 6.07 Å². The summed E-state index contributed by atoms with van der Waals surface area (Å²) in [4.78, 5) is 28.5. The number of pyridine rings is 1. The molecule has 0 bridgehead atoms. The molecule has 0 radical (unpaired) electrons. The topological polar surface area (TPSA) is 85.6 Å². The average molecular weight is 313 g/mol. The molecule has 1 aliphatic heterocycles. The Labute approximate surface area is 132 Å². The van der Waals surface area contributed by atoms with Crippen LogP contribution >= 0.6 is 0 Å². The van der Waals surface area contributed by atoms with Crippen molar-refractivity contribution in [3.63, 3.8) is 0 Å². The fourth-order valence-corrected chi connectivity index (χ4v) is 2.45. The first-order chi connectivity index (χ1) is 10.9. The molecule has 1 amide bonds. The summed E-state index contributed by atoms with van der Waals surface area (Å²) in [5.41, 5.74) is -0.155. The Bertz CT molecular complexity index is 774. The second-order valence-electron chi connectivity index (χ2n) is 5.74. The summed E-state index contributed by atoms with van der Waals surface area (Å²) in [6.07, 6.45) is 0. The molecule has 2 heterocycles. The quantitative estimate of drug-likeness (QED) is 0.642. The molecule has 0 spiro atoms. The summed E-state index contributed by atoms with van der Waals surface area (Å²) >= 11 is 0. The van der Waals surface area contributed by atoms with Gasteiger partial charge in [-0.05, 0) is 35.4 Å². The SMILES string of the molecule is CC1(C)Oc2ccc([N+](=O)[O-])nc2N(Cc2ccccc2)C1=O. The minimum absolute atomic E-state index is 0.173. The summed E-state index contributed by atoms with van der Waals surface area (Å²) in [6.45, 7) is 3.60. The molecule has 1 aromatic heterocycles. The van der Waals surface area contributed by atoms with E-state index in [2.05, 4.69) is 4.98 Å². The highest BCUT2D eigenvalue weighted by Gasteiger charge is 2.44. The predicted octanol–water partition coefficient (Wildman–Crippen LogP) is 2.69. The molecule has 0 aliphatic carbocycles. The van der Waals surface area contributed by atoms with Gasteiger partial charge in [0.2, 0.25) is 0 Å². The lowest BCUT2D eigenvalue weighted by Crippen LogP contribution is -2.52. The second kappa shape index (κ2) is 5.35. The first-order valence-electron chi connectivity index (χ1n) is 7.09. The highest BCUT2D eigenvalue weighted by molar-refractivity contribution is 6.01. The molecule has 0 unspecified atom stereocenters. The number of nitro groups is 1. The van der Waals surface area contributed by atoms with Crippen LogP contribution in [0, 0.1) is 10.1 Å². The molecule has 0 atom stereocenters. The molecular formula is C16H15N3O4. The molecule has 0 N–H and O–H groups in total. The Morgan fingerprint density at radius 2 is 1.91 bits per heavy atom. The maximum Gasteiger partial charge on any atom is 0.366 e. The van der Waals surface area contributed by atoms with E-state index in [1.54, 1.807) is 13.8 Å². The summed E-state index contributed by atoms with van der Waals surface area (Å²) in [5, 5.41) is 11.0. The van der Waals surface area contributed by atoms with Gasteiger partial charge >= 0.3 is 5.82 Å². The van der Waals surface area contributed by atoms with Gasteiger partial charge in [0.1, 0.15) is 0 Å². The second-order valence-corrected chi connectivity index (χ2v) is 5.74. The van der Waals surface area contributed by atoms with E-state index < -0.39 is 10.5 Å². The van der Waals surface area contributed by atoms with Gasteiger partial charge in [-0.2, -0.15) is 0 Å². The lowest BCUT2D eigenvalue weighted by Gasteiger charge is -2.35. The van der Waals surface area contributed by atoms with Gasteiger partial charge in [0.05, 0.1) is 6.54 Å². The van der Waals surface area contributed by atoms with Crippen LogP contribution in [0.15, 0.2) is 42.5 Å². The van der Waals surface area contributed by atoms with Gasteiger partial charge in [0.25, 0.3) is 11.7 Å². The average Bonchev–Trinajstić information content (AvgIpc) is 2.52. The Morgan fingerprint density at radius 3 is 2.57 bits per heavy atom. The van der Waals surface area contributed by atoms with Crippen LogP contribution in [0.2, 0.25) is 0 Å². The Balaban J connectivity index is 2.07. The van der Waals surface area contributed by atoms with E-state index in [1.807, 2.05) is 30.3 Å². The number of hydrogen-bond acceptors (Lipinski definition) is 5. The minimum Gasteiger partial charge on any atom is -0.472 e. The van der Waals surface area contributed by atoms with Crippen LogP contribution < -0.4 is 9.64 Å². The van der Waals surface area contributed by atoms with Crippen LogP contribution in [-0.2, 0) is 11.3 Å². The number of amides is 1. The normalized spacial score (nSPS) is 15.7. The number of aromatic nitrogens is 1. The van der Waals surface area contributed by atoms with Crippen molar-refractivity contribution in [1.29, 1.82) is 0 Å². The van der Waals surface area contributed by atoms with Gasteiger partial charge in [-0.1, -0.05) is 30.3 Å². The van der Waals surface area contributed by atoms with Gasteiger partial charge < -0.3 is 14.9 Å². The monoisotopic (exact) mass is 313 g/mol. The van der Waals surface area contributed by atoms with Crippen molar-refractivity contribution >= 4 is 17.5 Å². The minimum atomic E-state index is -1.06. The Hall–Kier alpha value is -2.96. The molecule has 1 aliphatic rings. The third-order valence-electron chi connectivity index (χ3n) is 3.58. The van der Waals surface area contributed by atoms with E-state index in [1.165, 1.54) is 17.0 Å². The molecule has 118 valence electrons. The van der Waals surface area contributed by atoms with E-state index in [0.717, 1.165) is 5.56 Å². The molecule has 23 heavy (non-hydrogen) atoms. The lowest BCUT2D eigenvalue weighted by atomic mass is 10.0. The predicted molar refractivity (Wildman–Crippen MR) is 83.2 cm³/mol. The zero-order chi connectivity index (χ0) is 16.6. The van der Waals surface area contributed by atoms with Crippen LogP contribution in [0.25, 0.3) is 0 Å². The number of carbonyl (C=O) groups is 1. The molecule has 2 aromatic rings. The van der Waals surface area contributed by atoms with Crippen molar-refractivity contribution in [2.75, 3.05) is 4.90 Å². The zero-order valence-corrected chi connectivity index (χ0v) is 12.7. The molecule has 0 saturated heterocycles. The molecule has 0 saturated carbocycles. The summed E-state index contributed by atoms with van der Waals surface area (Å²) < 4.78 is 5.66. The van der Waals surface area contributed by atoms with E-state index in [-0.39, 0.29) is 24.1 Å². The molecule has 0 fully saturated rings. The molecule has 1 aromatic carbocycles. The van der Waals surface area contributed by atoms with E-state index >= 15 is 0 Å². The maximum atomic E-state index is 12.7. The molecule has 7 heteroatoms. The number of anilines is 1. The van der Waals surface area contributed by atoms with Crippen molar-refractivity contribution in [3.05, 3.63) is 58.1 Å². The van der Waals surface area contributed by atoms with E-state index in [0.29, 0.717) is 5.75 Å². The van der Waals surface area contributed by atoms with Crippen LogP contribution in [0.1, 0.15) is 19.4 Å². The van der Waals surface area contributed by atoms with E-state index in [9.17, 15) is 14.9 Å². The van der Waals surface area contributed by atoms with Crippen molar-refractivity contribution in [2.45, 2.75) is 26.0 Å². The summed E-state index contributed by atoms with van der Waals surface area (Å²) in [6, 6.07) is 12.1. The first-order valence-corrected chi connectivity index (χ1v) is 7.09. The van der Waals surface area contributed by atoms with Gasteiger partial charge in [-0.25, -0.2) is 0 Å². The molecule has 7 nitrogen and oxygen atoms in total. The number of carbonyl (C=O) groups excluding carboxylic acids is 1. The van der Waals surface area contributed by atoms with Crippen molar-refractivity contribution < 1.29 is 14.5 Å². The fourth-order valence-electron chi connectivity index (χ4n) is 2.45. The zero-order valence-electron chi connectivity index (χ0n) is 12.7. The van der Waals surface area contributed by atoms with Crippen molar-refractivity contribution in [3.8, 4) is 5.75 Å². The van der Waals surface area contributed by atoms with Crippen molar-refractivity contribution in [2.24, 2.45) is 0 Å². The number of rotatable bonds is 3. The van der Waals surface area contributed by atoms with Crippen LogP contribution in [-0.4, -0.2) is 21.4 Å². The van der Waals surface area contributed by atoms with Crippen LogP contribution in [0.4, 0.5) is 11.6 Å². The number of fused-ring (bicyclic) bond motifs is 1. The third kappa shape index (κ3) is 2.73. The van der Waals surface area contributed by atoms with Crippen molar-refractivity contribution in [1.82, 2.24) is 4.98 Å². The number of benzene rings is 1. The highest BCUT2D eigenvalue weighted by atomic mass is 16.6. The van der Waals surface area contributed by atoms with Gasteiger partial charge in [-0.3, -0.25) is 9.69 Å². The van der Waals surface area contributed by atoms with Gasteiger partial charge in [-0.15, -0.1) is 0 Å². The first kappa shape index (κ1) is 15.0. The van der Waals surface area contributed by atoms with Crippen LogP contribution in [0.5, 0.6) is 5.75 Å². The van der Waals surface area contributed by atoms with Gasteiger partial charge in [0.15, 0.2) is 11.4 Å². The Morgan fingerprint density at radius 1 is 1.22 bits per heavy atom. The maximum absolute atomic E-state index is 12.7. The summed E-state index contributed by atoms with van der Waals surface area (Å²) in [7, 11) is 0. The standard InChI is InChI=1S/C16H15N3O4/c1-16(2)15(20)18(10-11-6-4-3-5-7-11)14-12(23-16)8-9-13(17-14)19(21)22/h3-9H,10H2,1-2H3. The summed E-state index contributed by atoms with van der Waals surface area (Å²) in [5.74, 6) is -0.0803. The largest absolute Gasteiger partial charge is 0.472 e. The highest BCUT2D eigenvalue weighted by Crippen LogP contribution is 2.38.